The van der Waals surface area contributed by atoms with Crippen LogP contribution in [0.2, 0.25) is 0 Å². The molecule has 5 rings (SSSR count). The van der Waals surface area contributed by atoms with E-state index < -0.39 is 12.2 Å². The monoisotopic (exact) mass is 486 g/mol. The third kappa shape index (κ3) is 5.96. The van der Waals surface area contributed by atoms with Crippen molar-refractivity contribution >= 4 is 34.1 Å². The molecule has 5 aromatic rings. The van der Waals surface area contributed by atoms with Crippen molar-refractivity contribution in [1.29, 1.82) is 0 Å². The molecule has 4 aromatic carbocycles. The molecule has 1 aromatic heterocycles. The van der Waals surface area contributed by atoms with Gasteiger partial charge in [0.05, 0.1) is 0 Å². The van der Waals surface area contributed by atoms with Crippen LogP contribution in [0.3, 0.4) is 0 Å². The Hall–Kier alpha value is -4.64. The summed E-state index contributed by atoms with van der Waals surface area (Å²) in [5.41, 5.74) is 5.36. The van der Waals surface area contributed by atoms with Crippen LogP contribution in [-0.4, -0.2) is 31.2 Å². The predicted octanol–water partition coefficient (Wildman–Crippen LogP) is 3.15. The highest BCUT2D eigenvalue weighted by molar-refractivity contribution is 7.19. The van der Waals surface area contributed by atoms with Crippen molar-refractivity contribution in [2.75, 3.05) is 14.1 Å². The summed E-state index contributed by atoms with van der Waals surface area (Å²) in [6, 6.07) is 48.9. The van der Waals surface area contributed by atoms with E-state index in [0.717, 1.165) is 0 Å². The molecule has 0 unspecified atom stereocenters. The van der Waals surface area contributed by atoms with Gasteiger partial charge in [-0.15, -0.1) is 0 Å². The highest BCUT2D eigenvalue weighted by Crippen LogP contribution is 2.09. The molecular formula is C32H31BN2O2. The lowest BCUT2D eigenvalue weighted by Gasteiger charge is -2.44. The number of rotatable bonds is 5. The Morgan fingerprint density at radius 2 is 0.838 bits per heavy atom. The summed E-state index contributed by atoms with van der Waals surface area (Å²) in [5.74, 6) is 0. The van der Waals surface area contributed by atoms with Gasteiger partial charge in [0.1, 0.15) is 6.15 Å². The molecule has 37 heavy (non-hydrogen) atoms. The molecule has 0 aliphatic rings. The molecule has 0 radical (unpaired) electrons. The number of benzene rings is 4. The molecular weight excluding hydrogens is 455 g/mol. The SMILES string of the molecule is CN(C)C(=O)O[n+]1ccccc1.c1ccc([B-](c2ccccc2)(c2ccccc2)c2ccccc2)cc1. The van der Waals surface area contributed by atoms with E-state index in [1.165, 1.54) is 31.5 Å². The molecule has 4 nitrogen and oxygen atoms in total. The fourth-order valence-electron chi connectivity index (χ4n) is 4.74. The first kappa shape index (κ1) is 25.5. The zero-order chi connectivity index (χ0) is 25.9. The second-order valence-electron chi connectivity index (χ2n) is 9.00. The molecule has 0 spiro atoms. The Labute approximate surface area is 219 Å². The Bertz CT molecular complexity index is 1200. The first-order valence-electron chi connectivity index (χ1n) is 12.4. The highest BCUT2D eigenvalue weighted by atomic mass is 16.7. The van der Waals surface area contributed by atoms with Crippen molar-refractivity contribution in [2.45, 2.75) is 0 Å². The summed E-state index contributed by atoms with van der Waals surface area (Å²) in [6.07, 6.45) is 1.70. The number of carbonyl (C=O) groups excluding carboxylic acids is 1. The van der Waals surface area contributed by atoms with Crippen LogP contribution in [-0.2, 0) is 0 Å². The molecule has 1 heterocycles. The van der Waals surface area contributed by atoms with E-state index >= 15 is 0 Å². The first-order valence-corrected chi connectivity index (χ1v) is 12.4. The van der Waals surface area contributed by atoms with E-state index in [0.29, 0.717) is 0 Å². The van der Waals surface area contributed by atoms with Crippen LogP contribution in [0.4, 0.5) is 4.79 Å². The van der Waals surface area contributed by atoms with Crippen LogP contribution in [0.1, 0.15) is 0 Å². The molecule has 0 N–H and O–H groups in total. The predicted molar refractivity (Wildman–Crippen MR) is 152 cm³/mol. The van der Waals surface area contributed by atoms with E-state index in [1.54, 1.807) is 38.6 Å². The van der Waals surface area contributed by atoms with Crippen molar-refractivity contribution in [3.63, 3.8) is 0 Å². The normalized spacial score (nSPS) is 10.5. The van der Waals surface area contributed by atoms with E-state index in [9.17, 15) is 4.79 Å². The fraction of sp³-hybridized carbons (Fsp3) is 0.0625. The maximum Gasteiger partial charge on any atom is 0.477 e. The maximum atomic E-state index is 11.0. The van der Waals surface area contributed by atoms with Crippen LogP contribution in [0, 0.1) is 0 Å². The molecule has 0 aliphatic heterocycles. The molecule has 0 aliphatic carbocycles. The number of aromatic nitrogens is 1. The summed E-state index contributed by atoms with van der Waals surface area (Å²) in [6.45, 7) is 0. The van der Waals surface area contributed by atoms with E-state index in [1.807, 2.05) is 6.07 Å². The third-order valence-electron chi connectivity index (χ3n) is 6.44. The Morgan fingerprint density at radius 3 is 1.14 bits per heavy atom. The smallest absolute Gasteiger partial charge is 0.309 e. The molecule has 0 saturated carbocycles. The summed E-state index contributed by atoms with van der Waals surface area (Å²) in [4.78, 5) is 17.2. The molecule has 184 valence electrons. The van der Waals surface area contributed by atoms with Crippen molar-refractivity contribution in [2.24, 2.45) is 0 Å². The second-order valence-corrected chi connectivity index (χ2v) is 9.00. The standard InChI is InChI=1S/C24H20B.C8H11N2O2/c1-5-13-21(14-6-1)25(22-15-7-2-8-16-22,23-17-9-3-10-18-23)24-19-11-4-12-20-24;1-9(2)8(11)12-10-6-4-3-5-7-10/h1-20H;3-7H,1-2H3/q-1;+1. The molecule has 0 bridgehead atoms. The van der Waals surface area contributed by atoms with Gasteiger partial charge in [-0.3, -0.25) is 0 Å². The lowest BCUT2D eigenvalue weighted by atomic mass is 9.13. The largest absolute Gasteiger partial charge is 0.477 e. The summed E-state index contributed by atoms with van der Waals surface area (Å²) in [5, 5.41) is 0. The Kier molecular flexibility index (Phi) is 8.51. The van der Waals surface area contributed by atoms with Crippen molar-refractivity contribution in [1.82, 2.24) is 4.90 Å². The summed E-state index contributed by atoms with van der Waals surface area (Å²) in [7, 11) is 3.26. The zero-order valence-corrected chi connectivity index (χ0v) is 21.2. The molecule has 5 heteroatoms. The zero-order valence-electron chi connectivity index (χ0n) is 21.2. The van der Waals surface area contributed by atoms with Gasteiger partial charge >= 0.3 is 6.09 Å². The minimum atomic E-state index is -1.22. The average Bonchev–Trinajstić information content (AvgIpc) is 2.97. The first-order chi connectivity index (χ1) is 18.1. The van der Waals surface area contributed by atoms with Crippen molar-refractivity contribution in [3.05, 3.63) is 152 Å². The van der Waals surface area contributed by atoms with E-state index in [2.05, 4.69) is 121 Å². The van der Waals surface area contributed by atoms with Gasteiger partial charge < -0.3 is 4.90 Å². The minimum Gasteiger partial charge on any atom is -0.309 e. The number of carbonyl (C=O) groups is 1. The van der Waals surface area contributed by atoms with Gasteiger partial charge in [-0.1, -0.05) is 127 Å². The topological polar surface area (TPSA) is 33.4 Å². The van der Waals surface area contributed by atoms with Gasteiger partial charge in [0.15, 0.2) is 0 Å². The third-order valence-corrected chi connectivity index (χ3v) is 6.44. The minimum absolute atomic E-state index is 0.397. The molecule has 1 amide bonds. The number of hydrogen-bond donors (Lipinski definition) is 0. The summed E-state index contributed by atoms with van der Waals surface area (Å²) >= 11 is 0. The van der Waals surface area contributed by atoms with E-state index in [-0.39, 0.29) is 0 Å². The van der Waals surface area contributed by atoms with Crippen LogP contribution < -0.4 is 31.4 Å². The Morgan fingerprint density at radius 1 is 0.541 bits per heavy atom. The van der Waals surface area contributed by atoms with Crippen LogP contribution in [0.25, 0.3) is 0 Å². The molecule has 0 atom stereocenters. The van der Waals surface area contributed by atoms with Crippen LogP contribution >= 0.6 is 0 Å². The van der Waals surface area contributed by atoms with Crippen LogP contribution in [0.15, 0.2) is 152 Å². The number of hydrogen-bond acceptors (Lipinski definition) is 2. The lowest BCUT2D eigenvalue weighted by molar-refractivity contribution is -0.869. The summed E-state index contributed by atoms with van der Waals surface area (Å²) < 4.78 is 1.35. The second kappa shape index (κ2) is 12.4. The quantitative estimate of drug-likeness (QED) is 0.283. The van der Waals surface area contributed by atoms with Crippen LogP contribution in [0.5, 0.6) is 0 Å². The van der Waals surface area contributed by atoms with Gasteiger partial charge in [0.2, 0.25) is 12.4 Å². The number of amides is 1. The van der Waals surface area contributed by atoms with Crippen molar-refractivity contribution in [3.8, 4) is 0 Å². The average molecular weight is 486 g/mol. The number of pyridine rings is 1. The fourth-order valence-corrected chi connectivity index (χ4v) is 4.74. The molecule has 0 saturated heterocycles. The number of nitrogens with zero attached hydrogens (tertiary/aromatic N) is 2. The van der Waals surface area contributed by atoms with Gasteiger partial charge in [-0.05, 0) is 0 Å². The van der Waals surface area contributed by atoms with E-state index in [4.69, 9.17) is 4.84 Å². The maximum absolute atomic E-state index is 11.0. The van der Waals surface area contributed by atoms with Gasteiger partial charge in [0.25, 0.3) is 0 Å². The lowest BCUT2D eigenvalue weighted by Crippen LogP contribution is -2.74. The van der Waals surface area contributed by atoms with Gasteiger partial charge in [-0.2, -0.15) is 26.7 Å². The van der Waals surface area contributed by atoms with Gasteiger partial charge in [0, 0.05) is 31.0 Å². The highest BCUT2D eigenvalue weighted by Gasteiger charge is 2.31. The Balaban J connectivity index is 0.000000225. The van der Waals surface area contributed by atoms with Crippen molar-refractivity contribution < 1.29 is 14.4 Å². The van der Waals surface area contributed by atoms with Gasteiger partial charge in [-0.25, -0.2) is 4.79 Å². The molecule has 0 fully saturated rings.